The van der Waals surface area contributed by atoms with E-state index in [9.17, 15) is 5.11 Å². The maximum Gasteiger partial charge on any atom is 0.0566 e. The molecule has 0 aliphatic heterocycles. The monoisotopic (exact) mass is 304 g/mol. The summed E-state index contributed by atoms with van der Waals surface area (Å²) in [6.45, 7) is 2.88. The molecule has 4 heteroatoms. The lowest BCUT2D eigenvalue weighted by Crippen LogP contribution is -2.29. The lowest BCUT2D eigenvalue weighted by atomic mass is 9.87. The number of aromatic nitrogens is 1. The Hall–Kier alpha value is -1.10. The molecule has 3 nitrogen and oxygen atoms in total. The Bertz CT molecular complexity index is 535. The van der Waals surface area contributed by atoms with E-state index in [0.29, 0.717) is 5.92 Å². The molecule has 2 unspecified atom stereocenters. The van der Waals surface area contributed by atoms with Crippen LogP contribution in [0.4, 0.5) is 0 Å². The van der Waals surface area contributed by atoms with Crippen LogP contribution in [-0.4, -0.2) is 22.3 Å². The summed E-state index contributed by atoms with van der Waals surface area (Å²) in [4.78, 5) is 1.39. The fraction of sp³-hybridized carbons (Fsp3) is 0.529. The van der Waals surface area contributed by atoms with Crippen molar-refractivity contribution in [3.05, 3.63) is 46.4 Å². The van der Waals surface area contributed by atoms with E-state index in [-0.39, 0.29) is 6.10 Å². The Morgan fingerprint density at radius 2 is 2.24 bits per heavy atom. The highest BCUT2D eigenvalue weighted by Gasteiger charge is 2.19. The normalized spacial score (nSPS) is 22.5. The van der Waals surface area contributed by atoms with Gasteiger partial charge in [0.1, 0.15) is 0 Å². The van der Waals surface area contributed by atoms with Gasteiger partial charge in [0.2, 0.25) is 0 Å². The van der Waals surface area contributed by atoms with Crippen LogP contribution in [0.1, 0.15) is 36.3 Å². The van der Waals surface area contributed by atoms with E-state index in [1.165, 1.54) is 23.4 Å². The lowest BCUT2D eigenvalue weighted by molar-refractivity contribution is 0.100. The van der Waals surface area contributed by atoms with E-state index in [0.717, 1.165) is 32.5 Å². The molecule has 0 spiro atoms. The first-order valence-corrected chi connectivity index (χ1v) is 8.74. The predicted octanol–water partition coefficient (Wildman–Crippen LogP) is 3.24. The maximum absolute atomic E-state index is 9.72. The van der Waals surface area contributed by atoms with E-state index in [1.807, 2.05) is 11.3 Å². The SMILES string of the molecule is OC1CCCC(CNCc2cccn2Cc2cccs2)C1. The van der Waals surface area contributed by atoms with Gasteiger partial charge >= 0.3 is 0 Å². The van der Waals surface area contributed by atoms with Gasteiger partial charge in [0.15, 0.2) is 0 Å². The summed E-state index contributed by atoms with van der Waals surface area (Å²) >= 11 is 1.81. The molecule has 1 aliphatic rings. The minimum absolute atomic E-state index is 0.0757. The Morgan fingerprint density at radius 3 is 3.05 bits per heavy atom. The molecule has 2 atom stereocenters. The highest BCUT2D eigenvalue weighted by molar-refractivity contribution is 7.09. The molecule has 114 valence electrons. The molecule has 0 bridgehead atoms. The Labute approximate surface area is 130 Å². The minimum Gasteiger partial charge on any atom is -0.393 e. The molecule has 21 heavy (non-hydrogen) atoms. The summed E-state index contributed by atoms with van der Waals surface area (Å²) in [5.41, 5.74) is 1.33. The summed E-state index contributed by atoms with van der Waals surface area (Å²) < 4.78 is 2.31. The van der Waals surface area contributed by atoms with Crippen molar-refractivity contribution in [3.63, 3.8) is 0 Å². The molecule has 1 aliphatic carbocycles. The van der Waals surface area contributed by atoms with Gasteiger partial charge in [0, 0.05) is 23.3 Å². The summed E-state index contributed by atoms with van der Waals surface area (Å²) in [5, 5.41) is 15.4. The number of rotatable bonds is 6. The molecule has 0 radical (unpaired) electrons. The first-order chi connectivity index (χ1) is 10.3. The van der Waals surface area contributed by atoms with Crippen molar-refractivity contribution in [1.82, 2.24) is 9.88 Å². The van der Waals surface area contributed by atoms with Gasteiger partial charge < -0.3 is 15.0 Å². The first kappa shape index (κ1) is 14.8. The minimum atomic E-state index is -0.0757. The average molecular weight is 304 g/mol. The average Bonchev–Trinajstić information content (AvgIpc) is 3.12. The summed E-state index contributed by atoms with van der Waals surface area (Å²) in [6, 6.07) is 8.60. The van der Waals surface area contributed by atoms with Crippen LogP contribution in [0.15, 0.2) is 35.8 Å². The summed E-state index contributed by atoms with van der Waals surface area (Å²) in [5.74, 6) is 0.634. The number of hydrogen-bond donors (Lipinski definition) is 2. The topological polar surface area (TPSA) is 37.2 Å². The van der Waals surface area contributed by atoms with Crippen LogP contribution in [0.25, 0.3) is 0 Å². The Balaban J connectivity index is 1.48. The molecule has 2 N–H and O–H groups in total. The van der Waals surface area contributed by atoms with Crippen LogP contribution in [0, 0.1) is 5.92 Å². The number of aliphatic hydroxyl groups excluding tert-OH is 1. The smallest absolute Gasteiger partial charge is 0.0566 e. The van der Waals surface area contributed by atoms with Gasteiger partial charge in [-0.05, 0) is 55.3 Å². The van der Waals surface area contributed by atoms with Crippen LogP contribution >= 0.6 is 11.3 Å². The Morgan fingerprint density at radius 1 is 1.29 bits per heavy atom. The quantitative estimate of drug-likeness (QED) is 0.859. The van der Waals surface area contributed by atoms with Crippen LogP contribution < -0.4 is 5.32 Å². The molecule has 0 aromatic carbocycles. The zero-order valence-electron chi connectivity index (χ0n) is 12.4. The van der Waals surface area contributed by atoms with Crippen molar-refractivity contribution in [2.24, 2.45) is 5.92 Å². The molecule has 0 amide bonds. The molecule has 1 saturated carbocycles. The standard InChI is InChI=1S/C17H24N2OS/c20-16-6-1-4-14(10-16)11-18-12-15-5-2-8-19(15)13-17-7-3-9-21-17/h2-3,5,7-9,14,16,18,20H,1,4,6,10-13H2. The number of hydrogen-bond acceptors (Lipinski definition) is 3. The van der Waals surface area contributed by atoms with Gasteiger partial charge in [-0.1, -0.05) is 12.5 Å². The summed E-state index contributed by atoms with van der Waals surface area (Å²) in [6.07, 6.45) is 6.45. The zero-order valence-corrected chi connectivity index (χ0v) is 13.2. The van der Waals surface area contributed by atoms with Crippen LogP contribution in [-0.2, 0) is 13.1 Å². The first-order valence-electron chi connectivity index (χ1n) is 7.86. The fourth-order valence-corrected chi connectivity index (χ4v) is 3.89. The van der Waals surface area contributed by atoms with Crippen molar-refractivity contribution >= 4 is 11.3 Å². The van der Waals surface area contributed by atoms with Gasteiger partial charge in [0.25, 0.3) is 0 Å². The van der Waals surface area contributed by atoms with Crippen LogP contribution in [0.3, 0.4) is 0 Å². The third-order valence-corrected chi connectivity index (χ3v) is 5.19. The fourth-order valence-electron chi connectivity index (χ4n) is 3.19. The second-order valence-electron chi connectivity index (χ2n) is 6.02. The number of aliphatic hydroxyl groups is 1. The van der Waals surface area contributed by atoms with Gasteiger partial charge in [-0.2, -0.15) is 0 Å². The van der Waals surface area contributed by atoms with Crippen molar-refractivity contribution < 1.29 is 5.11 Å². The van der Waals surface area contributed by atoms with E-state index in [4.69, 9.17) is 0 Å². The molecule has 3 rings (SSSR count). The van der Waals surface area contributed by atoms with Gasteiger partial charge in [-0.25, -0.2) is 0 Å². The molecular weight excluding hydrogens is 280 g/mol. The zero-order chi connectivity index (χ0) is 14.5. The molecular formula is C17H24N2OS. The van der Waals surface area contributed by atoms with E-state index in [2.05, 4.69) is 45.7 Å². The molecule has 2 aromatic rings. The summed E-state index contributed by atoms with van der Waals surface area (Å²) in [7, 11) is 0. The van der Waals surface area contributed by atoms with Crippen LogP contribution in [0.5, 0.6) is 0 Å². The van der Waals surface area contributed by atoms with Crippen molar-refractivity contribution in [3.8, 4) is 0 Å². The third kappa shape index (κ3) is 4.19. The van der Waals surface area contributed by atoms with Gasteiger partial charge in [0.05, 0.1) is 12.6 Å². The van der Waals surface area contributed by atoms with Crippen molar-refractivity contribution in [2.45, 2.75) is 44.9 Å². The molecule has 2 heterocycles. The number of nitrogens with zero attached hydrogens (tertiary/aromatic N) is 1. The number of nitrogens with one attached hydrogen (secondary N) is 1. The van der Waals surface area contributed by atoms with Gasteiger partial charge in [-0.3, -0.25) is 0 Å². The van der Waals surface area contributed by atoms with Crippen LogP contribution in [0.2, 0.25) is 0 Å². The highest BCUT2D eigenvalue weighted by Crippen LogP contribution is 2.23. The van der Waals surface area contributed by atoms with Crippen molar-refractivity contribution in [1.29, 1.82) is 0 Å². The van der Waals surface area contributed by atoms with E-state index >= 15 is 0 Å². The lowest BCUT2D eigenvalue weighted by Gasteiger charge is -2.26. The molecule has 1 fully saturated rings. The Kier molecular flexibility index (Phi) is 5.12. The van der Waals surface area contributed by atoms with Gasteiger partial charge in [-0.15, -0.1) is 11.3 Å². The van der Waals surface area contributed by atoms with E-state index in [1.54, 1.807) is 0 Å². The van der Waals surface area contributed by atoms with Crippen molar-refractivity contribution in [2.75, 3.05) is 6.54 Å². The predicted molar refractivity (Wildman–Crippen MR) is 87.5 cm³/mol. The van der Waals surface area contributed by atoms with E-state index < -0.39 is 0 Å². The highest BCUT2D eigenvalue weighted by atomic mass is 32.1. The second-order valence-corrected chi connectivity index (χ2v) is 7.06. The number of thiophene rings is 1. The maximum atomic E-state index is 9.72. The molecule has 2 aromatic heterocycles. The largest absolute Gasteiger partial charge is 0.393 e. The second kappa shape index (κ2) is 7.25. The third-order valence-electron chi connectivity index (χ3n) is 4.32. The molecule has 0 saturated heterocycles.